The Labute approximate surface area is 285 Å². The fourth-order valence-corrected chi connectivity index (χ4v) is 5.02. The SMILES string of the molecule is CC/C=C\C/C=C\C/C=C\C/C=C\CCCCC(=O)OC(COC(=O)CCCCCCC/C=C\CCCC)COP(=O)(O)OCCN. The summed E-state index contributed by atoms with van der Waals surface area (Å²) in [6.07, 6.45) is 36.9. The molecule has 2 atom stereocenters. The van der Waals surface area contributed by atoms with Crippen molar-refractivity contribution < 1.29 is 37.6 Å². The van der Waals surface area contributed by atoms with Crippen molar-refractivity contribution in [3.05, 3.63) is 60.8 Å². The second-order valence-electron chi connectivity index (χ2n) is 11.3. The van der Waals surface area contributed by atoms with Crippen molar-refractivity contribution in [2.24, 2.45) is 5.73 Å². The van der Waals surface area contributed by atoms with Crippen LogP contribution in [-0.4, -0.2) is 49.3 Å². The number of hydrogen-bond acceptors (Lipinski definition) is 8. The highest BCUT2D eigenvalue weighted by atomic mass is 31.2. The summed E-state index contributed by atoms with van der Waals surface area (Å²) in [6.45, 7) is 3.48. The molecule has 0 amide bonds. The monoisotopic (exact) mass is 681 g/mol. The van der Waals surface area contributed by atoms with Crippen molar-refractivity contribution in [1.29, 1.82) is 0 Å². The Morgan fingerprint density at radius 2 is 1.17 bits per heavy atom. The first-order chi connectivity index (χ1) is 22.8. The molecule has 3 N–H and O–H groups in total. The number of nitrogens with two attached hydrogens (primary N) is 1. The molecule has 0 aromatic carbocycles. The normalized spacial score (nSPS) is 14.2. The summed E-state index contributed by atoms with van der Waals surface area (Å²) in [4.78, 5) is 34.6. The molecule has 0 saturated heterocycles. The molecule has 9 nitrogen and oxygen atoms in total. The van der Waals surface area contributed by atoms with Gasteiger partial charge in [-0.1, -0.05) is 107 Å². The van der Waals surface area contributed by atoms with Crippen molar-refractivity contribution >= 4 is 19.8 Å². The van der Waals surface area contributed by atoms with Crippen molar-refractivity contribution in [3.8, 4) is 0 Å². The maximum Gasteiger partial charge on any atom is 0.472 e. The molecule has 270 valence electrons. The van der Waals surface area contributed by atoms with E-state index in [0.29, 0.717) is 12.8 Å². The van der Waals surface area contributed by atoms with E-state index < -0.39 is 32.5 Å². The van der Waals surface area contributed by atoms with Crippen LogP contribution in [0.25, 0.3) is 0 Å². The molecule has 0 spiro atoms. The topological polar surface area (TPSA) is 134 Å². The summed E-state index contributed by atoms with van der Waals surface area (Å²) in [7, 11) is -4.38. The molecule has 47 heavy (non-hydrogen) atoms. The molecule has 0 aliphatic carbocycles. The van der Waals surface area contributed by atoms with E-state index >= 15 is 0 Å². The van der Waals surface area contributed by atoms with Crippen LogP contribution in [0, 0.1) is 0 Å². The van der Waals surface area contributed by atoms with Crippen LogP contribution in [0.1, 0.15) is 129 Å². The van der Waals surface area contributed by atoms with E-state index in [1.165, 1.54) is 12.8 Å². The number of phosphoric acid groups is 1. The second-order valence-corrected chi connectivity index (χ2v) is 12.8. The maximum absolute atomic E-state index is 12.5. The van der Waals surface area contributed by atoms with Gasteiger partial charge in [0.2, 0.25) is 0 Å². The third-order valence-corrected chi connectivity index (χ3v) is 7.87. The molecule has 10 heteroatoms. The lowest BCUT2D eigenvalue weighted by atomic mass is 10.1. The zero-order chi connectivity index (χ0) is 34.7. The van der Waals surface area contributed by atoms with Crippen LogP contribution in [0.5, 0.6) is 0 Å². The largest absolute Gasteiger partial charge is 0.472 e. The van der Waals surface area contributed by atoms with Crippen LogP contribution in [0.4, 0.5) is 0 Å². The first kappa shape index (κ1) is 44.7. The van der Waals surface area contributed by atoms with Gasteiger partial charge in [-0.3, -0.25) is 18.6 Å². The van der Waals surface area contributed by atoms with Crippen molar-refractivity contribution in [2.45, 2.75) is 136 Å². The van der Waals surface area contributed by atoms with Crippen LogP contribution in [0.15, 0.2) is 60.8 Å². The van der Waals surface area contributed by atoms with Crippen molar-refractivity contribution in [1.82, 2.24) is 0 Å². The van der Waals surface area contributed by atoms with Gasteiger partial charge in [0.05, 0.1) is 13.2 Å². The molecule has 2 unspecified atom stereocenters. The predicted molar refractivity (Wildman–Crippen MR) is 192 cm³/mol. The van der Waals surface area contributed by atoms with E-state index in [1.54, 1.807) is 0 Å². The molecular formula is C37H64NO8P. The summed E-state index contributed by atoms with van der Waals surface area (Å²) in [5.41, 5.74) is 5.32. The Bertz CT molecular complexity index is 960. The van der Waals surface area contributed by atoms with Crippen molar-refractivity contribution in [2.75, 3.05) is 26.4 Å². The van der Waals surface area contributed by atoms with Gasteiger partial charge in [0.15, 0.2) is 6.10 Å². The van der Waals surface area contributed by atoms with Crippen molar-refractivity contribution in [3.63, 3.8) is 0 Å². The minimum absolute atomic E-state index is 0.0426. The van der Waals surface area contributed by atoms with E-state index in [4.69, 9.17) is 24.3 Å². The summed E-state index contributed by atoms with van der Waals surface area (Å²) in [5.74, 6) is -0.898. The van der Waals surface area contributed by atoms with E-state index in [9.17, 15) is 19.0 Å². The number of unbranched alkanes of at least 4 members (excludes halogenated alkanes) is 9. The Morgan fingerprint density at radius 3 is 1.81 bits per heavy atom. The average Bonchev–Trinajstić information content (AvgIpc) is 3.05. The molecule has 0 aliphatic heterocycles. The highest BCUT2D eigenvalue weighted by Crippen LogP contribution is 2.43. The molecular weight excluding hydrogens is 617 g/mol. The molecule has 0 aromatic rings. The van der Waals surface area contributed by atoms with Crippen LogP contribution in [0.3, 0.4) is 0 Å². The van der Waals surface area contributed by atoms with E-state index in [1.807, 2.05) is 0 Å². The minimum atomic E-state index is -4.38. The fourth-order valence-electron chi connectivity index (χ4n) is 4.25. The highest BCUT2D eigenvalue weighted by molar-refractivity contribution is 7.47. The summed E-state index contributed by atoms with van der Waals surface area (Å²) in [5, 5.41) is 0. The summed E-state index contributed by atoms with van der Waals surface area (Å²) < 4.78 is 32.5. The van der Waals surface area contributed by atoms with Gasteiger partial charge in [-0.05, 0) is 70.6 Å². The molecule has 0 radical (unpaired) electrons. The summed E-state index contributed by atoms with van der Waals surface area (Å²) in [6, 6.07) is 0. The highest BCUT2D eigenvalue weighted by Gasteiger charge is 2.25. The minimum Gasteiger partial charge on any atom is -0.462 e. The van der Waals surface area contributed by atoms with Gasteiger partial charge in [-0.25, -0.2) is 4.57 Å². The zero-order valence-electron chi connectivity index (χ0n) is 29.2. The third kappa shape index (κ3) is 33.4. The zero-order valence-corrected chi connectivity index (χ0v) is 30.1. The Hall–Kier alpha value is -2.29. The third-order valence-electron chi connectivity index (χ3n) is 6.89. The predicted octanol–water partition coefficient (Wildman–Crippen LogP) is 9.38. The lowest BCUT2D eigenvalue weighted by Gasteiger charge is -2.19. The number of allylic oxidation sites excluding steroid dienone is 10. The molecule has 0 aliphatic rings. The molecule has 0 bridgehead atoms. The fraction of sp³-hybridized carbons (Fsp3) is 0.676. The number of carbonyl (C=O) groups excluding carboxylic acids is 2. The van der Waals surface area contributed by atoms with Gasteiger partial charge < -0.3 is 20.1 Å². The van der Waals surface area contributed by atoms with Crippen LogP contribution in [-0.2, 0) is 32.7 Å². The maximum atomic E-state index is 12.5. The second kappa shape index (κ2) is 33.6. The Balaban J connectivity index is 4.37. The van der Waals surface area contributed by atoms with E-state index in [-0.39, 0.29) is 32.6 Å². The van der Waals surface area contributed by atoms with E-state index in [0.717, 1.165) is 77.0 Å². The lowest BCUT2D eigenvalue weighted by Crippen LogP contribution is -2.29. The van der Waals surface area contributed by atoms with Gasteiger partial charge in [0.1, 0.15) is 6.61 Å². The molecule has 0 fully saturated rings. The number of phosphoric ester groups is 1. The van der Waals surface area contributed by atoms with Crippen LogP contribution < -0.4 is 5.73 Å². The smallest absolute Gasteiger partial charge is 0.462 e. The van der Waals surface area contributed by atoms with Gasteiger partial charge in [-0.2, -0.15) is 0 Å². The van der Waals surface area contributed by atoms with Crippen LogP contribution >= 0.6 is 7.82 Å². The van der Waals surface area contributed by atoms with Crippen LogP contribution in [0.2, 0.25) is 0 Å². The number of rotatable bonds is 32. The lowest BCUT2D eigenvalue weighted by molar-refractivity contribution is -0.161. The van der Waals surface area contributed by atoms with Gasteiger partial charge in [0, 0.05) is 19.4 Å². The van der Waals surface area contributed by atoms with E-state index in [2.05, 4.69) is 74.6 Å². The quantitative estimate of drug-likeness (QED) is 0.0308. The number of hydrogen-bond donors (Lipinski definition) is 2. The number of carbonyl (C=O) groups is 2. The van der Waals surface area contributed by atoms with Gasteiger partial charge >= 0.3 is 19.8 Å². The van der Waals surface area contributed by atoms with Gasteiger partial charge in [0.25, 0.3) is 0 Å². The number of esters is 2. The molecule has 0 rings (SSSR count). The number of ether oxygens (including phenoxy) is 2. The molecule has 0 heterocycles. The first-order valence-electron chi connectivity index (χ1n) is 17.8. The first-order valence-corrected chi connectivity index (χ1v) is 19.3. The average molecular weight is 682 g/mol. The Kier molecular flexibility index (Phi) is 32.0. The Morgan fingerprint density at radius 1 is 0.660 bits per heavy atom. The molecule has 0 saturated carbocycles. The van der Waals surface area contributed by atoms with Gasteiger partial charge in [-0.15, -0.1) is 0 Å². The molecule has 0 aromatic heterocycles. The summed E-state index contributed by atoms with van der Waals surface area (Å²) >= 11 is 0. The standard InChI is InChI=1S/C37H64NO8P/c1-3-5-7-9-11-13-15-16-17-18-20-22-24-26-28-30-37(40)46-35(34-45-47(41,42)44-32-31-38)33-43-36(39)29-27-25-23-21-19-14-12-10-8-6-4-2/h5,7,10-13,16-17,20,22,35H,3-4,6,8-9,14-15,18-19,21,23-34,38H2,1-2H3,(H,41,42)/b7-5-,12-10-,13-11-,17-16-,22-20-.